The first-order valence-corrected chi connectivity index (χ1v) is 4.83. The third kappa shape index (κ3) is 4.91. The zero-order valence-corrected chi connectivity index (χ0v) is 9.54. The lowest BCUT2D eigenvalue weighted by atomic mass is 9.98. The Morgan fingerprint density at radius 2 is 1.57 bits per heavy atom. The predicted molar refractivity (Wildman–Crippen MR) is 54.0 cm³/mol. The van der Waals surface area contributed by atoms with E-state index in [-0.39, 0.29) is 6.61 Å². The predicted octanol–water partition coefficient (Wildman–Crippen LogP) is 0.909. The summed E-state index contributed by atoms with van der Waals surface area (Å²) in [7, 11) is 3.18. The highest BCUT2D eigenvalue weighted by Crippen LogP contribution is 2.21. The molecule has 0 radical (unpaired) electrons. The summed E-state index contributed by atoms with van der Waals surface area (Å²) in [6.07, 6.45) is 1.97. The Morgan fingerprint density at radius 3 is 1.93 bits per heavy atom. The van der Waals surface area contributed by atoms with Crippen molar-refractivity contribution in [3.05, 3.63) is 0 Å². The summed E-state index contributed by atoms with van der Waals surface area (Å²) in [5, 5.41) is 18.4. The molecule has 0 fully saturated rings. The van der Waals surface area contributed by atoms with Crippen molar-refractivity contribution in [1.82, 2.24) is 0 Å². The minimum atomic E-state index is -0.998. The maximum Gasteiger partial charge on any atom is 0.164 e. The van der Waals surface area contributed by atoms with Crippen molar-refractivity contribution in [2.45, 2.75) is 44.5 Å². The van der Waals surface area contributed by atoms with Crippen LogP contribution in [0.4, 0.5) is 0 Å². The molecule has 2 N–H and O–H groups in total. The Bertz CT molecular complexity index is 152. The van der Waals surface area contributed by atoms with Crippen molar-refractivity contribution in [3.63, 3.8) is 0 Å². The molecule has 0 aromatic rings. The molecule has 0 saturated heterocycles. The number of aliphatic hydroxyl groups is 2. The number of hydrogen-bond acceptors (Lipinski definition) is 4. The Hall–Kier alpha value is -0.160. The van der Waals surface area contributed by atoms with Gasteiger partial charge in [-0.1, -0.05) is 0 Å². The smallest absolute Gasteiger partial charge is 0.164 e. The molecule has 4 nitrogen and oxygen atoms in total. The zero-order chi connectivity index (χ0) is 11.2. The van der Waals surface area contributed by atoms with Gasteiger partial charge in [-0.15, -0.1) is 0 Å². The van der Waals surface area contributed by atoms with Crippen LogP contribution in [-0.4, -0.2) is 42.4 Å². The van der Waals surface area contributed by atoms with Crippen LogP contribution in [0, 0.1) is 0 Å². The largest absolute Gasteiger partial charge is 0.393 e. The number of methoxy groups -OCH3 is 2. The van der Waals surface area contributed by atoms with Gasteiger partial charge in [0.25, 0.3) is 0 Å². The van der Waals surface area contributed by atoms with E-state index in [0.29, 0.717) is 12.8 Å². The summed E-state index contributed by atoms with van der Waals surface area (Å²) in [5.41, 5.74) is -0.998. The zero-order valence-electron chi connectivity index (χ0n) is 9.54. The lowest BCUT2D eigenvalue weighted by Crippen LogP contribution is -2.32. The van der Waals surface area contributed by atoms with Crippen LogP contribution in [0.5, 0.6) is 0 Å². The van der Waals surface area contributed by atoms with E-state index in [2.05, 4.69) is 0 Å². The Balaban J connectivity index is 3.83. The van der Waals surface area contributed by atoms with Crippen molar-refractivity contribution >= 4 is 0 Å². The summed E-state index contributed by atoms with van der Waals surface area (Å²) < 4.78 is 10.3. The highest BCUT2D eigenvalue weighted by molar-refractivity contribution is 4.72. The van der Waals surface area contributed by atoms with Crippen LogP contribution < -0.4 is 0 Å². The second-order valence-electron chi connectivity index (χ2n) is 4.05. The molecule has 4 heteroatoms. The number of hydrogen-bond donors (Lipinski definition) is 2. The second-order valence-corrected chi connectivity index (χ2v) is 4.05. The van der Waals surface area contributed by atoms with Crippen LogP contribution in [0.15, 0.2) is 0 Å². The van der Waals surface area contributed by atoms with Crippen LogP contribution in [0.25, 0.3) is 0 Å². The number of aliphatic hydroxyl groups excluding tert-OH is 1. The second kappa shape index (κ2) is 5.66. The average Bonchev–Trinajstić information content (AvgIpc) is 2.17. The van der Waals surface area contributed by atoms with Gasteiger partial charge in [0.1, 0.15) is 0 Å². The molecule has 14 heavy (non-hydrogen) atoms. The topological polar surface area (TPSA) is 58.9 Å². The van der Waals surface area contributed by atoms with E-state index >= 15 is 0 Å². The third-order valence-electron chi connectivity index (χ3n) is 2.55. The molecule has 0 spiro atoms. The maximum absolute atomic E-state index is 9.53. The van der Waals surface area contributed by atoms with Crippen LogP contribution in [-0.2, 0) is 9.47 Å². The standard InChI is InChI=1S/C10H22O4/c1-9(12,8-11)6-5-7-10(2,13-3)14-4/h11-12H,5-8H2,1-4H3/t9-/m1/s1. The summed E-state index contributed by atoms with van der Waals surface area (Å²) in [6.45, 7) is 3.24. The molecule has 86 valence electrons. The van der Waals surface area contributed by atoms with Gasteiger partial charge in [-0.2, -0.15) is 0 Å². The van der Waals surface area contributed by atoms with E-state index < -0.39 is 11.4 Å². The van der Waals surface area contributed by atoms with Gasteiger partial charge in [0, 0.05) is 20.6 Å². The van der Waals surface area contributed by atoms with E-state index in [4.69, 9.17) is 14.6 Å². The van der Waals surface area contributed by atoms with Crippen LogP contribution in [0.3, 0.4) is 0 Å². The quantitative estimate of drug-likeness (QED) is 0.608. The van der Waals surface area contributed by atoms with Gasteiger partial charge < -0.3 is 19.7 Å². The first-order chi connectivity index (χ1) is 6.39. The highest BCUT2D eigenvalue weighted by atomic mass is 16.7. The minimum Gasteiger partial charge on any atom is -0.393 e. The fourth-order valence-corrected chi connectivity index (χ4v) is 1.16. The molecule has 0 aliphatic carbocycles. The third-order valence-corrected chi connectivity index (χ3v) is 2.55. The Labute approximate surface area is 85.8 Å². The van der Waals surface area contributed by atoms with Gasteiger partial charge in [0.15, 0.2) is 5.79 Å². The van der Waals surface area contributed by atoms with Gasteiger partial charge in [-0.25, -0.2) is 0 Å². The highest BCUT2D eigenvalue weighted by Gasteiger charge is 2.25. The van der Waals surface area contributed by atoms with Crippen LogP contribution >= 0.6 is 0 Å². The molecule has 0 aromatic heterocycles. The minimum absolute atomic E-state index is 0.219. The molecule has 0 aromatic carbocycles. The van der Waals surface area contributed by atoms with Gasteiger partial charge in [0.05, 0.1) is 12.2 Å². The van der Waals surface area contributed by atoms with Gasteiger partial charge in [0.2, 0.25) is 0 Å². The molecule has 0 amide bonds. The molecule has 0 aliphatic rings. The SMILES string of the molecule is COC(C)(CCC[C@@](C)(O)CO)OC. The number of rotatable bonds is 7. The molecular formula is C10H22O4. The van der Waals surface area contributed by atoms with Gasteiger partial charge in [-0.05, 0) is 26.7 Å². The fourth-order valence-electron chi connectivity index (χ4n) is 1.16. The lowest BCUT2D eigenvalue weighted by molar-refractivity contribution is -0.199. The summed E-state index contributed by atoms with van der Waals surface area (Å²) in [6, 6.07) is 0. The first kappa shape index (κ1) is 13.8. The Kier molecular flexibility index (Phi) is 5.59. The molecule has 0 rings (SSSR count). The molecule has 0 bridgehead atoms. The normalized spacial score (nSPS) is 16.7. The molecule has 0 aliphatic heterocycles. The molecule has 0 unspecified atom stereocenters. The number of ether oxygens (including phenoxy) is 2. The van der Waals surface area contributed by atoms with Crippen molar-refractivity contribution in [2.24, 2.45) is 0 Å². The summed E-state index contributed by atoms with van der Waals surface area (Å²) in [4.78, 5) is 0. The van der Waals surface area contributed by atoms with Crippen molar-refractivity contribution < 1.29 is 19.7 Å². The van der Waals surface area contributed by atoms with E-state index in [1.54, 1.807) is 21.1 Å². The average molecular weight is 206 g/mol. The first-order valence-electron chi connectivity index (χ1n) is 4.83. The van der Waals surface area contributed by atoms with Crippen LogP contribution in [0.1, 0.15) is 33.1 Å². The molecule has 0 saturated carbocycles. The van der Waals surface area contributed by atoms with Crippen molar-refractivity contribution in [2.75, 3.05) is 20.8 Å². The molecular weight excluding hydrogens is 184 g/mol. The summed E-state index contributed by atoms with van der Waals surface area (Å²) >= 11 is 0. The molecule has 1 atom stereocenters. The lowest BCUT2D eigenvalue weighted by Gasteiger charge is -2.28. The van der Waals surface area contributed by atoms with Crippen LogP contribution in [0.2, 0.25) is 0 Å². The monoisotopic (exact) mass is 206 g/mol. The van der Waals surface area contributed by atoms with E-state index in [9.17, 15) is 5.11 Å². The van der Waals surface area contributed by atoms with Crippen molar-refractivity contribution in [3.8, 4) is 0 Å². The van der Waals surface area contributed by atoms with Gasteiger partial charge >= 0.3 is 0 Å². The Morgan fingerprint density at radius 1 is 1.07 bits per heavy atom. The van der Waals surface area contributed by atoms with Crippen molar-refractivity contribution in [1.29, 1.82) is 0 Å². The fraction of sp³-hybridized carbons (Fsp3) is 1.00. The van der Waals surface area contributed by atoms with E-state index in [0.717, 1.165) is 6.42 Å². The van der Waals surface area contributed by atoms with E-state index in [1.807, 2.05) is 6.92 Å². The van der Waals surface area contributed by atoms with Gasteiger partial charge in [-0.3, -0.25) is 0 Å². The van der Waals surface area contributed by atoms with E-state index in [1.165, 1.54) is 0 Å². The maximum atomic E-state index is 9.53. The molecule has 0 heterocycles. The summed E-state index contributed by atoms with van der Waals surface area (Å²) in [5.74, 6) is -0.592.